The molecule has 2 rings (SSSR count). The summed E-state index contributed by atoms with van der Waals surface area (Å²) in [5, 5.41) is 0. The van der Waals surface area contributed by atoms with Crippen LogP contribution in [0.3, 0.4) is 0 Å². The number of hydrogen-bond donors (Lipinski definition) is 0. The average molecular weight is 295 g/mol. The summed E-state index contributed by atoms with van der Waals surface area (Å²) >= 11 is 3.35. The van der Waals surface area contributed by atoms with Crippen LogP contribution in [0, 0.1) is 0 Å². The largest absolute Gasteiger partial charge is 0.433 e. The van der Waals surface area contributed by atoms with Crippen molar-refractivity contribution in [2.24, 2.45) is 0 Å². The normalized spacial score (nSPS) is 10.2. The number of hydrogen-bond acceptors (Lipinski definition) is 3. The highest BCUT2D eigenvalue weighted by Crippen LogP contribution is 2.26. The quantitative estimate of drug-likeness (QED) is 0.874. The van der Waals surface area contributed by atoms with Gasteiger partial charge in [0.15, 0.2) is 0 Å². The maximum absolute atomic E-state index is 11.9. The second-order valence-electron chi connectivity index (χ2n) is 3.36. The van der Waals surface area contributed by atoms with E-state index in [2.05, 4.69) is 20.9 Å². The number of rotatable bonds is 3. The van der Waals surface area contributed by atoms with Gasteiger partial charge in [-0.1, -0.05) is 12.1 Å². The van der Waals surface area contributed by atoms with Gasteiger partial charge in [-0.25, -0.2) is 4.98 Å². The SMILES string of the molecule is CCn1ccnc(Oc2ccccc2Br)c1=O. The number of aromatic nitrogens is 2. The maximum Gasteiger partial charge on any atom is 0.313 e. The Bertz CT molecular complexity index is 581. The highest BCUT2D eigenvalue weighted by Gasteiger charge is 2.08. The average Bonchev–Trinajstić information content (AvgIpc) is 2.34. The van der Waals surface area contributed by atoms with E-state index in [1.807, 2.05) is 25.1 Å². The second-order valence-corrected chi connectivity index (χ2v) is 4.21. The summed E-state index contributed by atoms with van der Waals surface area (Å²) in [5.41, 5.74) is -0.231. The summed E-state index contributed by atoms with van der Waals surface area (Å²) < 4.78 is 7.82. The molecule has 4 nitrogen and oxygen atoms in total. The molecular weight excluding hydrogens is 284 g/mol. The van der Waals surface area contributed by atoms with Gasteiger partial charge in [0.25, 0.3) is 5.88 Å². The van der Waals surface area contributed by atoms with Crippen LogP contribution < -0.4 is 10.3 Å². The molecule has 1 aromatic heterocycles. The van der Waals surface area contributed by atoms with Gasteiger partial charge in [0, 0.05) is 18.9 Å². The number of aryl methyl sites for hydroxylation is 1. The van der Waals surface area contributed by atoms with Crippen molar-refractivity contribution in [2.75, 3.05) is 0 Å². The van der Waals surface area contributed by atoms with Gasteiger partial charge in [-0.05, 0) is 35.0 Å². The molecule has 0 unspecified atom stereocenters. The van der Waals surface area contributed by atoms with Gasteiger partial charge in [0.1, 0.15) is 5.75 Å². The molecule has 0 radical (unpaired) electrons. The smallest absolute Gasteiger partial charge is 0.313 e. The van der Waals surface area contributed by atoms with Crippen LogP contribution in [0.5, 0.6) is 11.6 Å². The fourth-order valence-corrected chi connectivity index (χ4v) is 1.74. The molecule has 0 aliphatic rings. The summed E-state index contributed by atoms with van der Waals surface area (Å²) in [6.07, 6.45) is 3.19. The molecule has 0 aliphatic carbocycles. The van der Waals surface area contributed by atoms with Crippen molar-refractivity contribution in [3.63, 3.8) is 0 Å². The second kappa shape index (κ2) is 5.14. The molecule has 0 aliphatic heterocycles. The zero-order valence-corrected chi connectivity index (χ0v) is 10.8. The van der Waals surface area contributed by atoms with Crippen molar-refractivity contribution in [3.05, 3.63) is 51.5 Å². The molecule has 0 fully saturated rings. The molecule has 0 amide bonds. The third kappa shape index (κ3) is 2.55. The van der Waals surface area contributed by atoms with E-state index in [0.29, 0.717) is 12.3 Å². The Morgan fingerprint density at radius 2 is 2.18 bits per heavy atom. The minimum atomic E-state index is -0.231. The first-order chi connectivity index (χ1) is 8.22. The van der Waals surface area contributed by atoms with Crippen LogP contribution in [0.4, 0.5) is 0 Å². The zero-order valence-electron chi connectivity index (χ0n) is 9.26. The van der Waals surface area contributed by atoms with Crippen LogP contribution in [0.25, 0.3) is 0 Å². The molecule has 0 bridgehead atoms. The number of benzene rings is 1. The lowest BCUT2D eigenvalue weighted by molar-refractivity contribution is 0.443. The van der Waals surface area contributed by atoms with Gasteiger partial charge in [0.05, 0.1) is 4.47 Å². The fraction of sp³-hybridized carbons (Fsp3) is 0.167. The van der Waals surface area contributed by atoms with Gasteiger partial charge in [-0.2, -0.15) is 0 Å². The number of para-hydroxylation sites is 1. The topological polar surface area (TPSA) is 44.1 Å². The lowest BCUT2D eigenvalue weighted by Gasteiger charge is -2.07. The van der Waals surface area contributed by atoms with Crippen molar-refractivity contribution in [3.8, 4) is 11.6 Å². The Morgan fingerprint density at radius 1 is 1.41 bits per heavy atom. The van der Waals surface area contributed by atoms with E-state index < -0.39 is 0 Å². The number of halogens is 1. The molecule has 0 spiro atoms. The van der Waals surface area contributed by atoms with Crippen LogP contribution in [-0.2, 0) is 6.54 Å². The molecule has 88 valence electrons. The van der Waals surface area contributed by atoms with Crippen LogP contribution in [-0.4, -0.2) is 9.55 Å². The Balaban J connectivity index is 2.37. The Morgan fingerprint density at radius 3 is 2.88 bits per heavy atom. The molecule has 0 saturated heterocycles. The van der Waals surface area contributed by atoms with Crippen molar-refractivity contribution in [1.82, 2.24) is 9.55 Å². The number of nitrogens with zero attached hydrogens (tertiary/aromatic N) is 2. The molecule has 1 aromatic carbocycles. The Hall–Kier alpha value is -1.62. The molecule has 1 heterocycles. The first-order valence-electron chi connectivity index (χ1n) is 5.20. The standard InChI is InChI=1S/C12H11BrN2O2/c1-2-15-8-7-14-11(12(15)16)17-10-6-4-3-5-9(10)13/h3-8H,2H2,1H3. The predicted molar refractivity (Wildman–Crippen MR) is 68.4 cm³/mol. The van der Waals surface area contributed by atoms with Crippen molar-refractivity contribution in [1.29, 1.82) is 0 Å². The lowest BCUT2D eigenvalue weighted by atomic mass is 10.3. The number of ether oxygens (including phenoxy) is 1. The minimum absolute atomic E-state index is 0.0845. The zero-order chi connectivity index (χ0) is 12.3. The predicted octanol–water partition coefficient (Wildman–Crippen LogP) is 2.82. The van der Waals surface area contributed by atoms with Gasteiger partial charge in [-0.15, -0.1) is 0 Å². The molecular formula is C12H11BrN2O2. The molecule has 5 heteroatoms. The Labute approximate surface area is 107 Å². The van der Waals surface area contributed by atoms with Crippen LogP contribution in [0.15, 0.2) is 45.9 Å². The van der Waals surface area contributed by atoms with E-state index in [0.717, 1.165) is 4.47 Å². The first-order valence-corrected chi connectivity index (χ1v) is 5.99. The van der Waals surface area contributed by atoms with E-state index in [1.165, 1.54) is 0 Å². The highest BCUT2D eigenvalue weighted by atomic mass is 79.9. The molecule has 17 heavy (non-hydrogen) atoms. The highest BCUT2D eigenvalue weighted by molar-refractivity contribution is 9.10. The fourth-order valence-electron chi connectivity index (χ4n) is 1.38. The third-order valence-electron chi connectivity index (χ3n) is 2.27. The summed E-state index contributed by atoms with van der Waals surface area (Å²) in [6, 6.07) is 7.33. The van der Waals surface area contributed by atoms with Crippen LogP contribution in [0.1, 0.15) is 6.92 Å². The van der Waals surface area contributed by atoms with E-state index in [-0.39, 0.29) is 11.4 Å². The van der Waals surface area contributed by atoms with Crippen molar-refractivity contribution in [2.45, 2.75) is 13.5 Å². The lowest BCUT2D eigenvalue weighted by Crippen LogP contribution is -2.20. The summed E-state index contributed by atoms with van der Waals surface area (Å²) in [5.74, 6) is 0.659. The molecule has 0 atom stereocenters. The van der Waals surface area contributed by atoms with Gasteiger partial charge >= 0.3 is 5.56 Å². The van der Waals surface area contributed by atoms with Gasteiger partial charge in [0.2, 0.25) is 0 Å². The maximum atomic E-state index is 11.9. The van der Waals surface area contributed by atoms with Crippen molar-refractivity contribution < 1.29 is 4.74 Å². The molecule has 0 saturated carbocycles. The third-order valence-corrected chi connectivity index (χ3v) is 2.92. The Kier molecular flexibility index (Phi) is 3.58. The molecule has 0 N–H and O–H groups in total. The first kappa shape index (κ1) is 11.9. The van der Waals surface area contributed by atoms with E-state index in [4.69, 9.17) is 4.74 Å². The van der Waals surface area contributed by atoms with E-state index >= 15 is 0 Å². The summed E-state index contributed by atoms with van der Waals surface area (Å²) in [7, 11) is 0. The summed E-state index contributed by atoms with van der Waals surface area (Å²) in [4.78, 5) is 15.8. The van der Waals surface area contributed by atoms with E-state index in [9.17, 15) is 4.79 Å². The van der Waals surface area contributed by atoms with E-state index in [1.54, 1.807) is 23.0 Å². The minimum Gasteiger partial charge on any atom is -0.433 e. The van der Waals surface area contributed by atoms with Crippen molar-refractivity contribution >= 4 is 15.9 Å². The van der Waals surface area contributed by atoms with Gasteiger partial charge < -0.3 is 9.30 Å². The summed E-state index contributed by atoms with van der Waals surface area (Å²) in [6.45, 7) is 2.48. The molecule has 2 aromatic rings. The van der Waals surface area contributed by atoms with Crippen LogP contribution >= 0.6 is 15.9 Å². The van der Waals surface area contributed by atoms with Crippen LogP contribution in [0.2, 0.25) is 0 Å². The monoisotopic (exact) mass is 294 g/mol. The van der Waals surface area contributed by atoms with Gasteiger partial charge in [-0.3, -0.25) is 4.79 Å².